The van der Waals surface area contributed by atoms with E-state index in [1.54, 1.807) is 6.92 Å². The minimum absolute atomic E-state index is 0.00366. The van der Waals surface area contributed by atoms with Crippen LogP contribution in [0.25, 0.3) is 0 Å². The van der Waals surface area contributed by atoms with Crippen LogP contribution in [0, 0.1) is 0 Å². The molecule has 0 spiro atoms. The van der Waals surface area contributed by atoms with Crippen molar-refractivity contribution in [3.05, 3.63) is 0 Å². The number of aliphatic hydroxyl groups excluding tert-OH is 1. The van der Waals surface area contributed by atoms with Gasteiger partial charge in [-0.1, -0.05) is 6.92 Å². The SMILES string of the molecule is CC(O)[C@@H](C)B1OC(C)(C)C(C)(C)O1. The van der Waals surface area contributed by atoms with Crippen LogP contribution >= 0.6 is 0 Å². The van der Waals surface area contributed by atoms with Crippen molar-refractivity contribution in [2.24, 2.45) is 0 Å². The molecule has 0 aliphatic carbocycles. The Morgan fingerprint density at radius 2 is 1.36 bits per heavy atom. The van der Waals surface area contributed by atoms with Gasteiger partial charge in [0.15, 0.2) is 0 Å². The second-order valence-electron chi connectivity index (χ2n) is 5.22. The first-order valence-corrected chi connectivity index (χ1v) is 5.21. The summed E-state index contributed by atoms with van der Waals surface area (Å²) >= 11 is 0. The Morgan fingerprint density at radius 1 is 1.00 bits per heavy atom. The largest absolute Gasteiger partial charge is 0.463 e. The average Bonchev–Trinajstić information content (AvgIpc) is 2.20. The number of hydrogen-bond acceptors (Lipinski definition) is 3. The van der Waals surface area contributed by atoms with Gasteiger partial charge in [0.25, 0.3) is 0 Å². The lowest BCUT2D eigenvalue weighted by Gasteiger charge is -2.32. The third-order valence-corrected chi connectivity index (χ3v) is 3.46. The maximum atomic E-state index is 9.46. The van der Waals surface area contributed by atoms with Gasteiger partial charge in [-0.3, -0.25) is 0 Å². The Kier molecular flexibility index (Phi) is 3.01. The molecular formula is C10H21BO3. The van der Waals surface area contributed by atoms with Gasteiger partial charge in [-0.05, 0) is 34.6 Å². The maximum absolute atomic E-state index is 9.46. The summed E-state index contributed by atoms with van der Waals surface area (Å²) in [6.45, 7) is 11.8. The molecule has 1 heterocycles. The molecule has 1 N–H and O–H groups in total. The van der Waals surface area contributed by atoms with Crippen LogP contribution in [0.1, 0.15) is 41.5 Å². The van der Waals surface area contributed by atoms with Crippen molar-refractivity contribution in [1.29, 1.82) is 0 Å². The third-order valence-electron chi connectivity index (χ3n) is 3.46. The molecule has 0 bridgehead atoms. The first kappa shape index (κ1) is 12.0. The molecule has 1 fully saturated rings. The summed E-state index contributed by atoms with van der Waals surface area (Å²) in [7, 11) is -0.306. The molecule has 0 radical (unpaired) electrons. The van der Waals surface area contributed by atoms with E-state index in [1.807, 2.05) is 34.6 Å². The zero-order valence-corrected chi connectivity index (χ0v) is 10.00. The van der Waals surface area contributed by atoms with Gasteiger partial charge in [0.2, 0.25) is 0 Å². The van der Waals surface area contributed by atoms with Crippen LogP contribution in [0.2, 0.25) is 5.82 Å². The fourth-order valence-corrected chi connectivity index (χ4v) is 1.33. The van der Waals surface area contributed by atoms with Crippen molar-refractivity contribution in [1.82, 2.24) is 0 Å². The normalized spacial score (nSPS) is 28.9. The Bertz CT molecular complexity index is 197. The Morgan fingerprint density at radius 3 is 1.64 bits per heavy atom. The molecule has 0 amide bonds. The highest BCUT2D eigenvalue weighted by molar-refractivity contribution is 6.47. The molecule has 1 aliphatic rings. The molecule has 82 valence electrons. The zero-order valence-electron chi connectivity index (χ0n) is 10.00. The van der Waals surface area contributed by atoms with Crippen LogP contribution in [0.5, 0.6) is 0 Å². The summed E-state index contributed by atoms with van der Waals surface area (Å²) in [6, 6.07) is 0. The van der Waals surface area contributed by atoms with E-state index < -0.39 is 6.10 Å². The van der Waals surface area contributed by atoms with Crippen LogP contribution in [0.3, 0.4) is 0 Å². The number of aliphatic hydroxyl groups is 1. The van der Waals surface area contributed by atoms with Crippen molar-refractivity contribution in [3.8, 4) is 0 Å². The summed E-state index contributed by atoms with van der Waals surface area (Å²) in [4.78, 5) is 0. The summed E-state index contributed by atoms with van der Waals surface area (Å²) in [5.41, 5.74) is -0.609. The highest BCUT2D eigenvalue weighted by atomic mass is 16.7. The maximum Gasteiger partial charge on any atom is 0.463 e. The van der Waals surface area contributed by atoms with Crippen LogP contribution < -0.4 is 0 Å². The molecule has 0 aromatic rings. The van der Waals surface area contributed by atoms with Crippen molar-refractivity contribution >= 4 is 7.12 Å². The van der Waals surface area contributed by atoms with Crippen LogP contribution in [0.4, 0.5) is 0 Å². The summed E-state index contributed by atoms with van der Waals surface area (Å²) in [6.07, 6.45) is -0.412. The second-order valence-corrected chi connectivity index (χ2v) is 5.22. The van der Waals surface area contributed by atoms with Crippen molar-refractivity contribution in [2.45, 2.75) is 64.7 Å². The quantitative estimate of drug-likeness (QED) is 0.691. The molecule has 3 nitrogen and oxygen atoms in total. The molecule has 14 heavy (non-hydrogen) atoms. The lowest BCUT2D eigenvalue weighted by atomic mass is 9.70. The molecule has 1 aliphatic heterocycles. The van der Waals surface area contributed by atoms with Gasteiger partial charge in [-0.15, -0.1) is 0 Å². The van der Waals surface area contributed by atoms with Crippen LogP contribution in [-0.4, -0.2) is 29.5 Å². The van der Waals surface area contributed by atoms with E-state index in [4.69, 9.17) is 9.31 Å². The van der Waals surface area contributed by atoms with Gasteiger partial charge in [0.05, 0.1) is 17.3 Å². The molecule has 2 atom stereocenters. The average molecular weight is 200 g/mol. The minimum Gasteiger partial charge on any atom is -0.403 e. The Labute approximate surface area is 86.9 Å². The highest BCUT2D eigenvalue weighted by Crippen LogP contribution is 2.40. The first-order valence-electron chi connectivity index (χ1n) is 5.21. The second kappa shape index (κ2) is 3.51. The molecule has 1 saturated heterocycles. The van der Waals surface area contributed by atoms with Crippen LogP contribution in [-0.2, 0) is 9.31 Å². The summed E-state index contributed by atoms with van der Waals surface area (Å²) < 4.78 is 11.6. The molecule has 4 heteroatoms. The molecule has 0 aromatic carbocycles. The third kappa shape index (κ3) is 1.97. The predicted molar refractivity (Wildman–Crippen MR) is 57.2 cm³/mol. The van der Waals surface area contributed by atoms with Crippen LogP contribution in [0.15, 0.2) is 0 Å². The molecule has 1 unspecified atom stereocenters. The predicted octanol–water partition coefficient (Wildman–Crippen LogP) is 1.85. The topological polar surface area (TPSA) is 38.7 Å². The lowest BCUT2D eigenvalue weighted by Crippen LogP contribution is -2.41. The Balaban J connectivity index is 2.73. The number of rotatable bonds is 2. The Hall–Kier alpha value is -0.0551. The summed E-state index contributed by atoms with van der Waals surface area (Å²) in [5, 5.41) is 9.46. The van der Waals surface area contributed by atoms with Gasteiger partial charge in [0, 0.05) is 5.82 Å². The lowest BCUT2D eigenvalue weighted by molar-refractivity contribution is 0.00578. The van der Waals surface area contributed by atoms with Gasteiger partial charge in [0.1, 0.15) is 0 Å². The van der Waals surface area contributed by atoms with E-state index in [0.29, 0.717) is 0 Å². The van der Waals surface area contributed by atoms with E-state index in [1.165, 1.54) is 0 Å². The van der Waals surface area contributed by atoms with Crippen molar-refractivity contribution in [2.75, 3.05) is 0 Å². The molecule has 0 saturated carbocycles. The van der Waals surface area contributed by atoms with Crippen molar-refractivity contribution in [3.63, 3.8) is 0 Å². The smallest absolute Gasteiger partial charge is 0.403 e. The zero-order chi connectivity index (χ0) is 11.1. The first-order chi connectivity index (χ1) is 6.17. The van der Waals surface area contributed by atoms with Crippen molar-refractivity contribution < 1.29 is 14.4 Å². The summed E-state index contributed by atoms with van der Waals surface area (Å²) in [5.74, 6) is -0.00366. The standard InChI is InChI=1S/C10H21BO3/c1-7(8(2)12)11-13-9(3,4)10(5,6)14-11/h7-8,12H,1-6H3/t7-,8?/m1/s1. The van der Waals surface area contributed by atoms with E-state index in [0.717, 1.165) is 0 Å². The van der Waals surface area contributed by atoms with Gasteiger partial charge < -0.3 is 14.4 Å². The highest BCUT2D eigenvalue weighted by Gasteiger charge is 2.53. The van der Waals surface area contributed by atoms with E-state index in [-0.39, 0.29) is 24.1 Å². The van der Waals surface area contributed by atoms with E-state index in [2.05, 4.69) is 0 Å². The molecular weight excluding hydrogens is 179 g/mol. The molecule has 1 rings (SSSR count). The van der Waals surface area contributed by atoms with E-state index in [9.17, 15) is 5.11 Å². The monoisotopic (exact) mass is 200 g/mol. The minimum atomic E-state index is -0.412. The fourth-order valence-electron chi connectivity index (χ4n) is 1.33. The fraction of sp³-hybridized carbons (Fsp3) is 1.00. The van der Waals surface area contributed by atoms with E-state index >= 15 is 0 Å². The van der Waals surface area contributed by atoms with Gasteiger partial charge >= 0.3 is 7.12 Å². The van der Waals surface area contributed by atoms with Gasteiger partial charge in [-0.25, -0.2) is 0 Å². The van der Waals surface area contributed by atoms with Gasteiger partial charge in [-0.2, -0.15) is 0 Å². The number of hydrogen-bond donors (Lipinski definition) is 1. The molecule has 0 aromatic heterocycles.